The van der Waals surface area contributed by atoms with Crippen LogP contribution in [0.25, 0.3) is 0 Å². The molecule has 0 bridgehead atoms. The minimum Gasteiger partial charge on any atom is -0.497 e. The number of esters is 1. The molecule has 0 aromatic heterocycles. The molecule has 1 atom stereocenters. The van der Waals surface area contributed by atoms with Crippen LogP contribution in [-0.4, -0.2) is 25.7 Å². The average Bonchev–Trinajstić information content (AvgIpc) is 2.68. The summed E-state index contributed by atoms with van der Waals surface area (Å²) in [6.07, 6.45) is 0. The maximum atomic E-state index is 14.4. The van der Waals surface area contributed by atoms with E-state index in [0.29, 0.717) is 17.5 Å². The van der Waals surface area contributed by atoms with Crippen molar-refractivity contribution in [2.24, 2.45) is 0 Å². The summed E-state index contributed by atoms with van der Waals surface area (Å²) < 4.78 is 38.0. The Morgan fingerprint density at radius 1 is 1.17 bits per heavy atom. The number of carbonyl (C=O) groups excluding carboxylic acids is 2. The molecule has 0 spiro atoms. The fourth-order valence-corrected chi connectivity index (χ4v) is 3.23. The van der Waals surface area contributed by atoms with Crippen LogP contribution in [0.5, 0.6) is 5.75 Å². The van der Waals surface area contributed by atoms with Crippen molar-refractivity contribution < 1.29 is 27.8 Å². The normalized spacial score (nSPS) is 16.5. The van der Waals surface area contributed by atoms with Gasteiger partial charge < -0.3 is 14.8 Å². The standard InChI is InChI=1S/C21H20F2N2O4/c1-4-29-20(26)18-12(2)25(14-6-8-15(28-3)9-7-14)21(27)24-19(18)16-10-5-13(22)11-17(16)23/h5-11,19H,4H2,1-3H3,(H,24,27)/t19-/m1/s1. The van der Waals surface area contributed by atoms with Crippen molar-refractivity contribution in [3.05, 3.63) is 70.9 Å². The van der Waals surface area contributed by atoms with E-state index in [1.54, 1.807) is 38.1 Å². The van der Waals surface area contributed by atoms with Crippen molar-refractivity contribution in [2.45, 2.75) is 19.9 Å². The molecule has 2 amide bonds. The largest absolute Gasteiger partial charge is 0.497 e. The Morgan fingerprint density at radius 3 is 2.45 bits per heavy atom. The zero-order chi connectivity index (χ0) is 21.1. The lowest BCUT2D eigenvalue weighted by atomic mass is 9.94. The second kappa shape index (κ2) is 8.30. The Balaban J connectivity index is 2.13. The van der Waals surface area contributed by atoms with Crippen molar-refractivity contribution in [1.82, 2.24) is 5.32 Å². The Bertz CT molecular complexity index is 973. The molecule has 8 heteroatoms. The van der Waals surface area contributed by atoms with E-state index >= 15 is 0 Å². The second-order valence-corrected chi connectivity index (χ2v) is 6.30. The first-order chi connectivity index (χ1) is 13.9. The number of methoxy groups -OCH3 is 1. The number of halogens is 2. The quantitative estimate of drug-likeness (QED) is 0.766. The van der Waals surface area contributed by atoms with Crippen LogP contribution in [0.2, 0.25) is 0 Å². The highest BCUT2D eigenvalue weighted by Crippen LogP contribution is 2.35. The van der Waals surface area contributed by atoms with Crippen LogP contribution in [0.1, 0.15) is 25.5 Å². The van der Waals surface area contributed by atoms with E-state index in [4.69, 9.17) is 9.47 Å². The molecule has 1 N–H and O–H groups in total. The Labute approximate surface area is 166 Å². The summed E-state index contributed by atoms with van der Waals surface area (Å²) in [6, 6.07) is 7.95. The van der Waals surface area contributed by atoms with Crippen molar-refractivity contribution in [2.75, 3.05) is 18.6 Å². The van der Waals surface area contributed by atoms with Gasteiger partial charge in [-0.2, -0.15) is 0 Å². The van der Waals surface area contributed by atoms with Crippen LogP contribution >= 0.6 is 0 Å². The van der Waals surface area contributed by atoms with Crippen molar-refractivity contribution in [3.8, 4) is 5.75 Å². The van der Waals surface area contributed by atoms with Crippen molar-refractivity contribution in [1.29, 1.82) is 0 Å². The number of anilines is 1. The number of allylic oxidation sites excluding steroid dienone is 1. The van der Waals surface area contributed by atoms with Gasteiger partial charge in [0.15, 0.2) is 0 Å². The molecule has 1 aliphatic rings. The second-order valence-electron chi connectivity index (χ2n) is 6.30. The predicted octanol–water partition coefficient (Wildman–Crippen LogP) is 4.08. The molecule has 152 valence electrons. The first kappa shape index (κ1) is 20.3. The number of nitrogens with one attached hydrogen (secondary N) is 1. The number of ether oxygens (including phenoxy) is 2. The minimum absolute atomic E-state index is 0.0310. The van der Waals surface area contributed by atoms with Crippen LogP contribution in [0.3, 0.4) is 0 Å². The predicted molar refractivity (Wildman–Crippen MR) is 102 cm³/mol. The molecule has 0 saturated carbocycles. The Morgan fingerprint density at radius 2 is 1.86 bits per heavy atom. The van der Waals surface area contributed by atoms with E-state index in [1.165, 1.54) is 18.1 Å². The summed E-state index contributed by atoms with van der Waals surface area (Å²) in [5.74, 6) is -1.73. The van der Waals surface area contributed by atoms with E-state index in [1.807, 2.05) is 0 Å². The number of nitrogens with zero attached hydrogens (tertiary/aromatic N) is 1. The van der Waals surface area contributed by atoms with Gasteiger partial charge in [-0.25, -0.2) is 18.4 Å². The number of amides is 2. The molecule has 29 heavy (non-hydrogen) atoms. The van der Waals surface area contributed by atoms with E-state index in [9.17, 15) is 18.4 Å². The molecule has 0 unspecified atom stereocenters. The summed E-state index contributed by atoms with van der Waals surface area (Å²) >= 11 is 0. The Kier molecular flexibility index (Phi) is 5.81. The van der Waals surface area contributed by atoms with E-state index in [2.05, 4.69) is 5.32 Å². The topological polar surface area (TPSA) is 67.9 Å². The van der Waals surface area contributed by atoms with E-state index in [-0.39, 0.29) is 23.4 Å². The summed E-state index contributed by atoms with van der Waals surface area (Å²) in [5.41, 5.74) is 0.802. The highest BCUT2D eigenvalue weighted by molar-refractivity contribution is 6.03. The van der Waals surface area contributed by atoms with Gasteiger partial charge in [-0.15, -0.1) is 0 Å². The fourth-order valence-electron chi connectivity index (χ4n) is 3.23. The van der Waals surface area contributed by atoms with Gasteiger partial charge in [-0.05, 0) is 44.2 Å². The molecule has 0 radical (unpaired) electrons. The minimum atomic E-state index is -1.11. The first-order valence-corrected chi connectivity index (χ1v) is 8.94. The van der Waals surface area contributed by atoms with Gasteiger partial charge in [0.05, 0.1) is 31.0 Å². The Hall–Kier alpha value is -3.42. The summed E-state index contributed by atoms with van der Waals surface area (Å²) in [7, 11) is 1.52. The summed E-state index contributed by atoms with van der Waals surface area (Å²) in [5, 5.41) is 2.62. The molecule has 1 aliphatic heterocycles. The zero-order valence-electron chi connectivity index (χ0n) is 16.2. The first-order valence-electron chi connectivity index (χ1n) is 8.94. The third kappa shape index (κ3) is 3.91. The number of benzene rings is 2. The van der Waals surface area contributed by atoms with Crippen LogP contribution in [-0.2, 0) is 9.53 Å². The SMILES string of the molecule is CCOC(=O)C1=C(C)N(c2ccc(OC)cc2)C(=O)N[C@@H]1c1ccc(F)cc1F. The summed E-state index contributed by atoms with van der Waals surface area (Å²) in [4.78, 5) is 26.8. The molecule has 0 aliphatic carbocycles. The fraction of sp³-hybridized carbons (Fsp3) is 0.238. The highest BCUT2D eigenvalue weighted by Gasteiger charge is 2.38. The van der Waals surface area contributed by atoms with Gasteiger partial charge in [0, 0.05) is 17.3 Å². The van der Waals surface area contributed by atoms with Gasteiger partial charge >= 0.3 is 12.0 Å². The lowest BCUT2D eigenvalue weighted by Crippen LogP contribution is -2.48. The summed E-state index contributed by atoms with van der Waals surface area (Å²) in [6.45, 7) is 3.32. The number of urea groups is 1. The molecular weight excluding hydrogens is 382 g/mol. The molecule has 2 aromatic carbocycles. The monoisotopic (exact) mass is 402 g/mol. The average molecular weight is 402 g/mol. The lowest BCUT2D eigenvalue weighted by Gasteiger charge is -2.35. The third-order valence-electron chi connectivity index (χ3n) is 4.58. The van der Waals surface area contributed by atoms with Crippen molar-refractivity contribution in [3.63, 3.8) is 0 Å². The van der Waals surface area contributed by atoms with Gasteiger partial charge in [-0.3, -0.25) is 4.90 Å². The molecule has 3 rings (SSSR count). The number of hydrogen-bond acceptors (Lipinski definition) is 4. The highest BCUT2D eigenvalue weighted by atomic mass is 19.1. The maximum absolute atomic E-state index is 14.4. The van der Waals surface area contributed by atoms with Crippen LogP contribution in [0, 0.1) is 11.6 Å². The van der Waals surface area contributed by atoms with Crippen LogP contribution in [0.4, 0.5) is 19.3 Å². The van der Waals surface area contributed by atoms with Crippen LogP contribution in [0.15, 0.2) is 53.7 Å². The van der Waals surface area contributed by atoms with E-state index in [0.717, 1.165) is 6.07 Å². The lowest BCUT2D eigenvalue weighted by molar-refractivity contribution is -0.139. The number of carbonyl (C=O) groups is 2. The zero-order valence-corrected chi connectivity index (χ0v) is 16.2. The molecule has 1 heterocycles. The molecule has 0 saturated heterocycles. The van der Waals surface area contributed by atoms with Gasteiger partial charge in [-0.1, -0.05) is 6.07 Å². The molecule has 2 aromatic rings. The van der Waals surface area contributed by atoms with Crippen LogP contribution < -0.4 is 15.0 Å². The third-order valence-corrected chi connectivity index (χ3v) is 4.58. The number of hydrogen-bond donors (Lipinski definition) is 1. The molecule has 0 fully saturated rings. The molecule has 6 nitrogen and oxygen atoms in total. The van der Waals surface area contributed by atoms with Gasteiger partial charge in [0.25, 0.3) is 0 Å². The smallest absolute Gasteiger partial charge is 0.338 e. The van der Waals surface area contributed by atoms with Gasteiger partial charge in [0.1, 0.15) is 17.4 Å². The van der Waals surface area contributed by atoms with Gasteiger partial charge in [0.2, 0.25) is 0 Å². The molecular formula is C21H20F2N2O4. The maximum Gasteiger partial charge on any atom is 0.338 e. The van der Waals surface area contributed by atoms with Crippen molar-refractivity contribution >= 4 is 17.7 Å². The number of rotatable bonds is 5. The van der Waals surface area contributed by atoms with E-state index < -0.39 is 29.7 Å².